The van der Waals surface area contributed by atoms with Gasteiger partial charge < -0.3 is 0 Å². The highest BCUT2D eigenvalue weighted by Gasteiger charge is 2.38. The SMILES string of the molecule is Cc1cc(CCN2CC(C)(F)C2)n[nH]c1=O. The number of hydrogen-bond donors (Lipinski definition) is 1. The van der Waals surface area contributed by atoms with E-state index in [1.165, 1.54) is 0 Å². The lowest BCUT2D eigenvalue weighted by Crippen LogP contribution is -2.57. The molecule has 1 fully saturated rings. The van der Waals surface area contributed by atoms with Gasteiger partial charge in [-0.2, -0.15) is 5.10 Å². The number of aryl methyl sites for hydroxylation is 1. The van der Waals surface area contributed by atoms with E-state index in [1.807, 2.05) is 4.90 Å². The summed E-state index contributed by atoms with van der Waals surface area (Å²) in [5.41, 5.74) is 0.353. The molecule has 1 aromatic heterocycles. The number of aromatic nitrogens is 2. The summed E-state index contributed by atoms with van der Waals surface area (Å²) in [6.45, 7) is 5.15. The minimum atomic E-state index is -1.02. The Bertz CT molecular complexity index is 433. The Morgan fingerprint density at radius 1 is 1.62 bits per heavy atom. The predicted octanol–water partition coefficient (Wildman–Crippen LogP) is 0.665. The van der Waals surface area contributed by atoms with Crippen LogP contribution in [0.5, 0.6) is 0 Å². The molecule has 16 heavy (non-hydrogen) atoms. The van der Waals surface area contributed by atoms with Gasteiger partial charge in [-0.1, -0.05) is 0 Å². The Morgan fingerprint density at radius 3 is 2.88 bits per heavy atom. The van der Waals surface area contributed by atoms with E-state index in [2.05, 4.69) is 10.2 Å². The average molecular weight is 225 g/mol. The number of alkyl halides is 1. The average Bonchev–Trinajstić information content (AvgIpc) is 2.16. The van der Waals surface area contributed by atoms with Gasteiger partial charge >= 0.3 is 0 Å². The molecule has 1 aliphatic rings. The van der Waals surface area contributed by atoms with Crippen molar-refractivity contribution >= 4 is 0 Å². The zero-order valence-electron chi connectivity index (χ0n) is 9.59. The topological polar surface area (TPSA) is 49.0 Å². The second-order valence-corrected chi connectivity index (χ2v) is 4.75. The van der Waals surface area contributed by atoms with E-state index < -0.39 is 5.67 Å². The van der Waals surface area contributed by atoms with Crippen LogP contribution in [0.25, 0.3) is 0 Å². The third kappa shape index (κ3) is 2.47. The molecule has 1 aromatic rings. The van der Waals surface area contributed by atoms with Crippen LogP contribution in [-0.4, -0.2) is 40.4 Å². The van der Waals surface area contributed by atoms with E-state index in [0.717, 1.165) is 18.7 Å². The smallest absolute Gasteiger partial charge is 0.267 e. The molecule has 0 radical (unpaired) electrons. The molecule has 0 aliphatic carbocycles. The normalized spacial score (nSPS) is 19.4. The van der Waals surface area contributed by atoms with E-state index in [1.54, 1.807) is 19.9 Å². The number of H-pyrrole nitrogens is 1. The number of hydrogen-bond acceptors (Lipinski definition) is 3. The highest BCUT2D eigenvalue weighted by molar-refractivity contribution is 5.11. The molecular weight excluding hydrogens is 209 g/mol. The highest BCUT2D eigenvalue weighted by Crippen LogP contribution is 2.23. The van der Waals surface area contributed by atoms with Crippen LogP contribution < -0.4 is 5.56 Å². The monoisotopic (exact) mass is 225 g/mol. The van der Waals surface area contributed by atoms with E-state index in [9.17, 15) is 9.18 Å². The summed E-state index contributed by atoms with van der Waals surface area (Å²) in [4.78, 5) is 13.1. The number of aromatic amines is 1. The highest BCUT2D eigenvalue weighted by atomic mass is 19.1. The lowest BCUT2D eigenvalue weighted by molar-refractivity contribution is -0.0164. The molecule has 5 heteroatoms. The van der Waals surface area contributed by atoms with Gasteiger partial charge in [0.25, 0.3) is 5.56 Å². The van der Waals surface area contributed by atoms with Crippen molar-refractivity contribution in [3.05, 3.63) is 27.7 Å². The zero-order valence-corrected chi connectivity index (χ0v) is 9.59. The van der Waals surface area contributed by atoms with Crippen LogP contribution in [0.15, 0.2) is 10.9 Å². The summed E-state index contributed by atoms with van der Waals surface area (Å²) < 4.78 is 13.2. The molecule has 88 valence electrons. The van der Waals surface area contributed by atoms with Crippen LogP contribution in [0.4, 0.5) is 4.39 Å². The predicted molar refractivity (Wildman–Crippen MR) is 59.3 cm³/mol. The first-order valence-electron chi connectivity index (χ1n) is 5.43. The number of likely N-dealkylation sites (tertiary alicyclic amines) is 1. The second-order valence-electron chi connectivity index (χ2n) is 4.75. The molecule has 2 rings (SSSR count). The van der Waals surface area contributed by atoms with Crippen LogP contribution >= 0.6 is 0 Å². The fraction of sp³-hybridized carbons (Fsp3) is 0.636. The molecule has 2 heterocycles. The first-order chi connectivity index (χ1) is 7.46. The maximum atomic E-state index is 13.2. The molecule has 0 unspecified atom stereocenters. The van der Waals surface area contributed by atoms with Crippen LogP contribution in [0.2, 0.25) is 0 Å². The van der Waals surface area contributed by atoms with Gasteiger partial charge in [-0.15, -0.1) is 0 Å². The summed E-state index contributed by atoms with van der Waals surface area (Å²) in [7, 11) is 0. The van der Waals surface area contributed by atoms with E-state index in [-0.39, 0.29) is 5.56 Å². The number of halogens is 1. The molecule has 0 spiro atoms. The molecule has 4 nitrogen and oxygen atoms in total. The fourth-order valence-corrected chi connectivity index (χ4v) is 2.00. The summed E-state index contributed by atoms with van der Waals surface area (Å²) in [6.07, 6.45) is 0.744. The van der Waals surface area contributed by atoms with Crippen molar-refractivity contribution in [3.8, 4) is 0 Å². The lowest BCUT2D eigenvalue weighted by atomic mass is 9.99. The van der Waals surface area contributed by atoms with Crippen LogP contribution in [0.3, 0.4) is 0 Å². The molecule has 1 aliphatic heterocycles. The third-order valence-electron chi connectivity index (χ3n) is 2.83. The van der Waals surface area contributed by atoms with Crippen LogP contribution in [0.1, 0.15) is 18.2 Å². The van der Waals surface area contributed by atoms with Gasteiger partial charge in [0.2, 0.25) is 0 Å². The van der Waals surface area contributed by atoms with Gasteiger partial charge in [0.15, 0.2) is 0 Å². The molecule has 1 N–H and O–H groups in total. The lowest BCUT2D eigenvalue weighted by Gasteiger charge is -2.42. The van der Waals surface area contributed by atoms with Crippen LogP contribution in [-0.2, 0) is 6.42 Å². The first-order valence-corrected chi connectivity index (χ1v) is 5.43. The molecule has 0 bridgehead atoms. The van der Waals surface area contributed by atoms with Gasteiger partial charge in [0.05, 0.1) is 5.69 Å². The molecular formula is C11H16FN3O. The largest absolute Gasteiger partial charge is 0.297 e. The van der Waals surface area contributed by atoms with Crippen molar-refractivity contribution in [2.24, 2.45) is 0 Å². The van der Waals surface area contributed by atoms with Crippen molar-refractivity contribution in [1.29, 1.82) is 0 Å². The molecule has 1 saturated heterocycles. The van der Waals surface area contributed by atoms with Crippen LogP contribution in [0, 0.1) is 6.92 Å². The standard InChI is InChI=1S/C11H16FN3O/c1-8-5-9(13-14-10(8)16)3-4-15-6-11(2,12)7-15/h5H,3-4,6-7H2,1-2H3,(H,14,16). The number of rotatable bonds is 3. The maximum absolute atomic E-state index is 13.2. The zero-order chi connectivity index (χ0) is 11.8. The second kappa shape index (κ2) is 3.97. The van der Waals surface area contributed by atoms with Crippen molar-refractivity contribution in [3.63, 3.8) is 0 Å². The Labute approximate surface area is 93.5 Å². The van der Waals surface area contributed by atoms with E-state index in [4.69, 9.17) is 0 Å². The Morgan fingerprint density at radius 2 is 2.31 bits per heavy atom. The van der Waals surface area contributed by atoms with Crippen molar-refractivity contribution in [1.82, 2.24) is 15.1 Å². The van der Waals surface area contributed by atoms with Gasteiger partial charge in [0.1, 0.15) is 5.67 Å². The van der Waals surface area contributed by atoms with Gasteiger partial charge in [-0.25, -0.2) is 9.49 Å². The molecule has 0 atom stereocenters. The van der Waals surface area contributed by atoms with Crippen molar-refractivity contribution < 1.29 is 4.39 Å². The Hall–Kier alpha value is -1.23. The van der Waals surface area contributed by atoms with Gasteiger partial charge in [0, 0.05) is 31.6 Å². The van der Waals surface area contributed by atoms with E-state index >= 15 is 0 Å². The minimum Gasteiger partial charge on any atom is -0.297 e. The summed E-state index contributed by atoms with van der Waals surface area (Å²) in [6, 6.07) is 1.78. The third-order valence-corrected chi connectivity index (χ3v) is 2.83. The molecule has 0 aromatic carbocycles. The Kier molecular flexibility index (Phi) is 2.80. The van der Waals surface area contributed by atoms with Gasteiger partial charge in [-0.05, 0) is 19.9 Å². The Balaban J connectivity index is 1.86. The fourth-order valence-electron chi connectivity index (χ4n) is 2.00. The van der Waals surface area contributed by atoms with Crippen molar-refractivity contribution in [2.45, 2.75) is 25.9 Å². The first kappa shape index (κ1) is 11.3. The number of nitrogens with zero attached hydrogens (tertiary/aromatic N) is 2. The summed E-state index contributed by atoms with van der Waals surface area (Å²) in [5, 5.41) is 6.39. The number of nitrogens with one attached hydrogen (secondary N) is 1. The summed E-state index contributed by atoms with van der Waals surface area (Å²) >= 11 is 0. The summed E-state index contributed by atoms with van der Waals surface area (Å²) in [5.74, 6) is 0. The minimum absolute atomic E-state index is 0.149. The van der Waals surface area contributed by atoms with Crippen molar-refractivity contribution in [2.75, 3.05) is 19.6 Å². The van der Waals surface area contributed by atoms with Gasteiger partial charge in [-0.3, -0.25) is 9.69 Å². The molecule has 0 saturated carbocycles. The maximum Gasteiger partial charge on any atom is 0.267 e. The molecule has 0 amide bonds. The van der Waals surface area contributed by atoms with E-state index in [0.29, 0.717) is 18.7 Å². The quantitative estimate of drug-likeness (QED) is 0.822.